The van der Waals surface area contributed by atoms with E-state index in [4.69, 9.17) is 0 Å². The molecule has 2 aromatic rings. The molecule has 1 aliphatic carbocycles. The number of fused-ring (bicyclic) bond motifs is 3. The van der Waals surface area contributed by atoms with E-state index in [2.05, 4.69) is 16.0 Å². The smallest absolute Gasteiger partial charge is 0.310 e. The number of hydrogen-bond acceptors (Lipinski definition) is 3. The zero-order chi connectivity index (χ0) is 19.5. The van der Waals surface area contributed by atoms with Crippen molar-refractivity contribution in [3.63, 3.8) is 0 Å². The Hall–Kier alpha value is -2.90. The Labute approximate surface area is 159 Å². The Bertz CT molecular complexity index is 1030. The number of carbonyl (C=O) groups is 1. The number of aromatic nitrogens is 2. The van der Waals surface area contributed by atoms with Crippen LogP contribution in [0.1, 0.15) is 41.1 Å². The minimum Gasteiger partial charge on any atom is -0.310 e. The molecule has 5 rings (SSSR count). The van der Waals surface area contributed by atoms with Gasteiger partial charge in [-0.1, -0.05) is 18.2 Å². The summed E-state index contributed by atoms with van der Waals surface area (Å²) in [7, 11) is 0. The summed E-state index contributed by atoms with van der Waals surface area (Å²) in [6.07, 6.45) is 2.30. The highest BCUT2D eigenvalue weighted by molar-refractivity contribution is 6.06. The average Bonchev–Trinajstić information content (AvgIpc) is 3.41. The van der Waals surface area contributed by atoms with Crippen LogP contribution in [0, 0.1) is 0 Å². The van der Waals surface area contributed by atoms with Crippen LogP contribution in [0.15, 0.2) is 41.8 Å². The predicted octanol–water partition coefficient (Wildman–Crippen LogP) is 3.47. The van der Waals surface area contributed by atoms with Gasteiger partial charge in [0.25, 0.3) is 0 Å². The number of carbonyl (C=O) groups excluding carboxylic acids is 1. The molecule has 3 heterocycles. The molecule has 2 aliphatic heterocycles. The molecule has 0 radical (unpaired) electrons. The van der Waals surface area contributed by atoms with Crippen LogP contribution >= 0.6 is 0 Å². The predicted molar refractivity (Wildman–Crippen MR) is 96.7 cm³/mol. The first-order chi connectivity index (χ1) is 13.4. The lowest BCUT2D eigenvalue weighted by atomic mass is 9.90. The Morgan fingerprint density at radius 3 is 2.71 bits per heavy atom. The highest BCUT2D eigenvalue weighted by Crippen LogP contribution is 2.44. The number of alkyl halides is 3. The van der Waals surface area contributed by atoms with Gasteiger partial charge in [0.15, 0.2) is 5.69 Å². The number of hydrogen-bond donors (Lipinski definition) is 0. The van der Waals surface area contributed by atoms with Crippen molar-refractivity contribution in [3.05, 3.63) is 59.2 Å². The van der Waals surface area contributed by atoms with Gasteiger partial charge in [-0.25, -0.2) is 4.98 Å². The lowest BCUT2D eigenvalue weighted by molar-refractivity contribution is -0.140. The summed E-state index contributed by atoms with van der Waals surface area (Å²) in [6, 6.07) is 6.11. The maximum atomic E-state index is 12.9. The lowest BCUT2D eigenvalue weighted by Gasteiger charge is -2.32. The van der Waals surface area contributed by atoms with Gasteiger partial charge in [-0.3, -0.25) is 14.4 Å². The molecular formula is C20H17F3N4O. The molecule has 8 heteroatoms. The molecule has 0 atom stereocenters. The lowest BCUT2D eigenvalue weighted by Crippen LogP contribution is -2.36. The van der Waals surface area contributed by atoms with Crippen molar-refractivity contribution in [2.75, 3.05) is 13.1 Å². The van der Waals surface area contributed by atoms with Gasteiger partial charge in [-0.15, -0.1) is 0 Å². The second-order valence-electron chi connectivity index (χ2n) is 7.31. The van der Waals surface area contributed by atoms with Crippen LogP contribution in [0.2, 0.25) is 0 Å². The zero-order valence-electron chi connectivity index (χ0n) is 14.9. The third-order valence-electron chi connectivity index (χ3n) is 5.46. The Balaban J connectivity index is 1.60. The molecule has 28 heavy (non-hydrogen) atoms. The summed E-state index contributed by atoms with van der Waals surface area (Å²) in [5, 5.41) is 0. The van der Waals surface area contributed by atoms with Gasteiger partial charge >= 0.3 is 6.18 Å². The molecule has 5 nitrogen and oxygen atoms in total. The molecule has 144 valence electrons. The van der Waals surface area contributed by atoms with Crippen LogP contribution < -0.4 is 0 Å². The van der Waals surface area contributed by atoms with E-state index in [0.717, 1.165) is 24.5 Å². The SMILES string of the molecule is O=C1CN=C(n2cnc(C(F)(F)F)c2)C=C2c3cccc(C4CC4)c3CCN12. The normalized spacial score (nSPS) is 19.5. The molecule has 0 N–H and O–H groups in total. The Morgan fingerprint density at radius 1 is 1.18 bits per heavy atom. The third-order valence-corrected chi connectivity index (χ3v) is 5.46. The second kappa shape index (κ2) is 6.05. The maximum Gasteiger partial charge on any atom is 0.434 e. The summed E-state index contributed by atoms with van der Waals surface area (Å²) in [6.45, 7) is 0.453. The number of halogens is 3. The van der Waals surface area contributed by atoms with E-state index >= 15 is 0 Å². The van der Waals surface area contributed by atoms with E-state index in [1.54, 1.807) is 11.0 Å². The number of aliphatic imine (C=N–C) groups is 1. The summed E-state index contributed by atoms with van der Waals surface area (Å²) in [4.78, 5) is 22.0. The quantitative estimate of drug-likeness (QED) is 0.754. The van der Waals surface area contributed by atoms with Crippen LogP contribution in [-0.2, 0) is 17.4 Å². The number of nitrogens with zero attached hydrogens (tertiary/aromatic N) is 4. The van der Waals surface area contributed by atoms with Gasteiger partial charge in [-0.2, -0.15) is 13.2 Å². The second-order valence-corrected chi connectivity index (χ2v) is 7.31. The van der Waals surface area contributed by atoms with E-state index in [0.29, 0.717) is 18.2 Å². The fourth-order valence-electron chi connectivity index (χ4n) is 3.96. The standard InChI is InChI=1S/C20H17F3N4O/c21-20(22,23)17-10-26(11-25-17)18-8-16-15-3-1-2-13(12-4-5-12)14(15)6-7-27(16)19(28)9-24-18/h1-3,8,10-12H,4-7,9H2. The molecule has 1 fully saturated rings. The molecule has 1 amide bonds. The van der Waals surface area contributed by atoms with Crippen LogP contribution in [-0.4, -0.2) is 39.3 Å². The van der Waals surface area contributed by atoms with Crippen molar-refractivity contribution in [3.8, 4) is 0 Å². The summed E-state index contributed by atoms with van der Waals surface area (Å²) in [5.74, 6) is 0.707. The minimum atomic E-state index is -4.53. The van der Waals surface area contributed by atoms with E-state index in [1.165, 1.54) is 28.5 Å². The largest absolute Gasteiger partial charge is 0.434 e. The fourth-order valence-corrected chi connectivity index (χ4v) is 3.96. The van der Waals surface area contributed by atoms with Gasteiger partial charge < -0.3 is 4.90 Å². The highest BCUT2D eigenvalue weighted by Gasteiger charge is 2.35. The maximum absolute atomic E-state index is 12.9. The van der Waals surface area contributed by atoms with E-state index in [-0.39, 0.29) is 18.3 Å². The van der Waals surface area contributed by atoms with Crippen LogP contribution in [0.25, 0.3) is 5.70 Å². The molecule has 0 bridgehead atoms. The average molecular weight is 386 g/mol. The van der Waals surface area contributed by atoms with Crippen LogP contribution in [0.3, 0.4) is 0 Å². The third kappa shape index (κ3) is 2.83. The molecule has 0 saturated heterocycles. The summed E-state index contributed by atoms with van der Waals surface area (Å²) in [5.41, 5.74) is 3.25. The van der Waals surface area contributed by atoms with E-state index < -0.39 is 11.9 Å². The van der Waals surface area contributed by atoms with Gasteiger partial charge in [-0.05, 0) is 36.3 Å². The topological polar surface area (TPSA) is 50.5 Å². The number of amides is 1. The molecular weight excluding hydrogens is 369 g/mol. The Morgan fingerprint density at radius 2 is 2.00 bits per heavy atom. The number of allylic oxidation sites excluding steroid dienone is 1. The van der Waals surface area contributed by atoms with Crippen molar-refractivity contribution in [2.24, 2.45) is 4.99 Å². The van der Waals surface area contributed by atoms with E-state index in [9.17, 15) is 18.0 Å². The first-order valence-corrected chi connectivity index (χ1v) is 9.22. The molecule has 1 aromatic heterocycles. The number of rotatable bonds is 1. The van der Waals surface area contributed by atoms with Crippen molar-refractivity contribution >= 4 is 17.4 Å². The number of imidazole rings is 1. The minimum absolute atomic E-state index is 0.105. The highest BCUT2D eigenvalue weighted by atomic mass is 19.4. The van der Waals surface area contributed by atoms with Crippen molar-refractivity contribution in [1.82, 2.24) is 14.5 Å². The van der Waals surface area contributed by atoms with Crippen LogP contribution in [0.5, 0.6) is 0 Å². The van der Waals surface area contributed by atoms with Gasteiger partial charge in [0.05, 0.1) is 5.70 Å². The molecule has 0 unspecified atom stereocenters. The summed E-state index contributed by atoms with van der Waals surface area (Å²) >= 11 is 0. The molecule has 1 aromatic carbocycles. The van der Waals surface area contributed by atoms with Gasteiger partial charge in [0.2, 0.25) is 5.91 Å². The van der Waals surface area contributed by atoms with E-state index in [1.807, 2.05) is 12.1 Å². The number of benzene rings is 1. The molecule has 0 spiro atoms. The van der Waals surface area contributed by atoms with Crippen LogP contribution in [0.4, 0.5) is 13.2 Å². The van der Waals surface area contributed by atoms with Gasteiger partial charge in [0.1, 0.15) is 18.7 Å². The zero-order valence-corrected chi connectivity index (χ0v) is 14.9. The van der Waals surface area contributed by atoms with Gasteiger partial charge in [0, 0.05) is 24.4 Å². The molecule has 3 aliphatic rings. The molecule has 1 saturated carbocycles. The van der Waals surface area contributed by atoms with Crippen molar-refractivity contribution in [1.29, 1.82) is 0 Å². The monoisotopic (exact) mass is 386 g/mol. The summed E-state index contributed by atoms with van der Waals surface area (Å²) < 4.78 is 40.0. The first-order valence-electron chi connectivity index (χ1n) is 9.22. The van der Waals surface area contributed by atoms with Crippen molar-refractivity contribution < 1.29 is 18.0 Å². The first kappa shape index (κ1) is 17.2. The Kier molecular flexibility index (Phi) is 3.72. The fraction of sp³-hybridized carbons (Fsp3) is 0.350. The van der Waals surface area contributed by atoms with Crippen molar-refractivity contribution in [2.45, 2.75) is 31.4 Å².